The molecule has 0 bridgehead atoms. The summed E-state index contributed by atoms with van der Waals surface area (Å²) in [5.74, 6) is 0.318. The number of nitrogens with zero attached hydrogens (tertiary/aromatic N) is 2. The molecule has 1 heterocycles. The lowest BCUT2D eigenvalue weighted by Crippen LogP contribution is -2.41. The van der Waals surface area contributed by atoms with Gasteiger partial charge in [-0.15, -0.1) is 0 Å². The molecule has 1 aromatic heterocycles. The van der Waals surface area contributed by atoms with Gasteiger partial charge in [0, 0.05) is 36.6 Å². The number of amides is 1. The lowest BCUT2D eigenvalue weighted by atomic mass is 9.89. The summed E-state index contributed by atoms with van der Waals surface area (Å²) in [6.07, 6.45) is 5.67. The number of aromatic nitrogens is 1. The summed E-state index contributed by atoms with van der Waals surface area (Å²) in [6, 6.07) is 9.34. The molecule has 2 aliphatic carbocycles. The van der Waals surface area contributed by atoms with Crippen molar-refractivity contribution >= 4 is 40.1 Å². The average Bonchev–Trinajstić information content (AvgIpc) is 3.75. The highest BCUT2D eigenvalue weighted by molar-refractivity contribution is 6.32. The zero-order chi connectivity index (χ0) is 26.3. The quantitative estimate of drug-likeness (QED) is 0.316. The largest absolute Gasteiger partial charge is 0.503 e. The fourth-order valence-electron chi connectivity index (χ4n) is 5.14. The van der Waals surface area contributed by atoms with Crippen LogP contribution >= 0.6 is 11.6 Å². The van der Waals surface area contributed by atoms with E-state index < -0.39 is 6.09 Å². The number of methoxy groups -OCH3 is 1. The van der Waals surface area contributed by atoms with E-state index in [1.807, 2.05) is 18.2 Å². The molecule has 2 aliphatic rings. The van der Waals surface area contributed by atoms with Gasteiger partial charge in [0.25, 0.3) is 0 Å². The van der Waals surface area contributed by atoms with E-state index in [0.717, 1.165) is 66.2 Å². The normalized spacial score (nSPS) is 19.4. The molecule has 5 rings (SSSR count). The summed E-state index contributed by atoms with van der Waals surface area (Å²) in [4.78, 5) is 30.6. The first-order chi connectivity index (χ1) is 17.8. The maximum Gasteiger partial charge on any atom is 0.407 e. The molecule has 37 heavy (non-hydrogen) atoms. The number of nitrogens with one attached hydrogen (secondary N) is 1. The van der Waals surface area contributed by atoms with E-state index in [9.17, 15) is 19.8 Å². The Morgan fingerprint density at radius 3 is 2.46 bits per heavy atom. The van der Waals surface area contributed by atoms with E-state index in [1.54, 1.807) is 25.4 Å². The van der Waals surface area contributed by atoms with Crippen molar-refractivity contribution in [1.82, 2.24) is 9.88 Å². The summed E-state index contributed by atoms with van der Waals surface area (Å²) < 4.78 is 5.28. The third-order valence-electron chi connectivity index (χ3n) is 7.56. The Kier molecular flexibility index (Phi) is 6.86. The van der Waals surface area contributed by atoms with Crippen molar-refractivity contribution < 1.29 is 24.5 Å². The molecular weight excluding hydrogens is 494 g/mol. The number of hydrogen-bond acceptors (Lipinski definition) is 6. The highest BCUT2D eigenvalue weighted by Crippen LogP contribution is 2.41. The molecule has 2 aromatic carbocycles. The van der Waals surface area contributed by atoms with E-state index >= 15 is 0 Å². The monoisotopic (exact) mass is 523 g/mol. The number of carbonyl (C=O) groups excluding carboxylic acids is 1. The van der Waals surface area contributed by atoms with Crippen molar-refractivity contribution in [3.05, 3.63) is 47.1 Å². The van der Waals surface area contributed by atoms with Crippen LogP contribution in [0.2, 0.25) is 5.02 Å². The second kappa shape index (κ2) is 10.1. The van der Waals surface area contributed by atoms with Crippen molar-refractivity contribution in [2.75, 3.05) is 19.5 Å². The van der Waals surface area contributed by atoms with Crippen LogP contribution in [0, 0.1) is 5.92 Å². The van der Waals surface area contributed by atoms with Crippen LogP contribution in [0.15, 0.2) is 36.5 Å². The van der Waals surface area contributed by atoms with Crippen LogP contribution in [-0.4, -0.2) is 58.2 Å². The first kappa shape index (κ1) is 25.1. The molecular formula is C28H30ClN3O5. The van der Waals surface area contributed by atoms with Crippen LogP contribution in [0.5, 0.6) is 11.5 Å². The molecule has 3 N–H and O–H groups in total. The Morgan fingerprint density at radius 1 is 1.08 bits per heavy atom. The Hall–Kier alpha value is -3.52. The van der Waals surface area contributed by atoms with Gasteiger partial charge in [-0.2, -0.15) is 0 Å². The predicted molar refractivity (Wildman–Crippen MR) is 143 cm³/mol. The Labute approximate surface area is 220 Å². The molecule has 0 unspecified atom stereocenters. The van der Waals surface area contributed by atoms with Gasteiger partial charge in [-0.3, -0.25) is 9.78 Å². The first-order valence-corrected chi connectivity index (χ1v) is 12.9. The summed E-state index contributed by atoms with van der Waals surface area (Å²) in [6.45, 7) is 0. The van der Waals surface area contributed by atoms with Crippen LogP contribution < -0.4 is 10.1 Å². The van der Waals surface area contributed by atoms with E-state index in [2.05, 4.69) is 10.3 Å². The number of phenolic OH excluding ortho intramolecular Hbond substituents is 1. The molecule has 9 heteroatoms. The van der Waals surface area contributed by atoms with Crippen LogP contribution in [0.3, 0.4) is 0 Å². The number of phenols is 1. The predicted octanol–water partition coefficient (Wildman–Crippen LogP) is 6.20. The Bertz CT molecular complexity index is 1370. The number of Topliss-reactive ketones (excluding diaryl/α,β-unsaturated/α-hetero) is 1. The fourth-order valence-corrected chi connectivity index (χ4v) is 5.35. The SMILES string of the molecule is COc1cc(-c2ccc3ncc(C(=O)C4CC4)c(N[C@H]4CC[C@H](N(C)C(=O)O)CC4)c3c2)cc(Cl)c1O. The standard InChI is InChI=1S/C28H30ClN3O5/c1-32(28(35)36)19-8-6-18(7-9-19)31-25-20-11-16(17-12-22(29)27(34)24(13-17)37-2)5-10-23(20)30-14-21(25)26(33)15-3-4-15/h5,10-15,18-19,34H,3-4,6-9H2,1-2H3,(H,30,31)(H,35,36)/t18-,19-. The smallest absolute Gasteiger partial charge is 0.407 e. The van der Waals surface area contributed by atoms with Gasteiger partial charge in [-0.1, -0.05) is 17.7 Å². The Balaban J connectivity index is 1.53. The second-order valence-corrected chi connectivity index (χ2v) is 10.4. The molecule has 0 spiro atoms. The number of ether oxygens (including phenoxy) is 1. The van der Waals surface area contributed by atoms with Crippen molar-refractivity contribution in [3.63, 3.8) is 0 Å². The van der Waals surface area contributed by atoms with Crippen LogP contribution in [0.25, 0.3) is 22.0 Å². The second-order valence-electron chi connectivity index (χ2n) is 9.97. The van der Waals surface area contributed by atoms with Crippen LogP contribution in [0.4, 0.5) is 10.5 Å². The number of benzene rings is 2. The van der Waals surface area contributed by atoms with Gasteiger partial charge in [-0.05, 0) is 73.9 Å². The number of rotatable bonds is 7. The molecule has 2 fully saturated rings. The summed E-state index contributed by atoms with van der Waals surface area (Å²) >= 11 is 6.25. The summed E-state index contributed by atoms with van der Waals surface area (Å²) in [7, 11) is 3.09. The number of carbonyl (C=O) groups is 2. The molecule has 3 aromatic rings. The van der Waals surface area contributed by atoms with E-state index in [4.69, 9.17) is 16.3 Å². The maximum absolute atomic E-state index is 13.2. The molecule has 8 nitrogen and oxygen atoms in total. The molecule has 194 valence electrons. The first-order valence-electron chi connectivity index (χ1n) is 12.5. The third kappa shape index (κ3) is 5.03. The summed E-state index contributed by atoms with van der Waals surface area (Å²) in [5, 5.41) is 24.2. The lowest BCUT2D eigenvalue weighted by molar-refractivity contribution is 0.0967. The van der Waals surface area contributed by atoms with Crippen LogP contribution in [-0.2, 0) is 0 Å². The number of aromatic hydroxyl groups is 1. The minimum atomic E-state index is -0.910. The zero-order valence-electron chi connectivity index (χ0n) is 20.8. The highest BCUT2D eigenvalue weighted by Gasteiger charge is 2.33. The zero-order valence-corrected chi connectivity index (χ0v) is 21.6. The molecule has 0 saturated heterocycles. The van der Waals surface area contributed by atoms with Crippen molar-refractivity contribution in [2.24, 2.45) is 5.92 Å². The lowest BCUT2D eigenvalue weighted by Gasteiger charge is -2.34. The topological polar surface area (TPSA) is 112 Å². The number of anilines is 1. The number of pyridine rings is 1. The molecule has 0 aliphatic heterocycles. The third-order valence-corrected chi connectivity index (χ3v) is 7.85. The van der Waals surface area contributed by atoms with Crippen molar-refractivity contribution in [3.8, 4) is 22.6 Å². The fraction of sp³-hybridized carbons (Fsp3) is 0.393. The van der Waals surface area contributed by atoms with E-state index in [-0.39, 0.29) is 40.3 Å². The Morgan fingerprint density at radius 2 is 1.81 bits per heavy atom. The maximum atomic E-state index is 13.2. The van der Waals surface area contributed by atoms with Crippen molar-refractivity contribution in [2.45, 2.75) is 50.6 Å². The number of carboxylic acid groups (broad SMARTS) is 1. The van der Waals surface area contributed by atoms with Gasteiger partial charge >= 0.3 is 6.09 Å². The molecule has 0 radical (unpaired) electrons. The molecule has 1 amide bonds. The number of halogens is 1. The molecule has 2 saturated carbocycles. The minimum absolute atomic E-state index is 0.00173. The van der Waals surface area contributed by atoms with Gasteiger partial charge in [0.2, 0.25) is 0 Å². The van der Waals surface area contributed by atoms with Gasteiger partial charge in [0.15, 0.2) is 17.3 Å². The van der Waals surface area contributed by atoms with Crippen LogP contribution in [0.1, 0.15) is 48.9 Å². The van der Waals surface area contributed by atoms with Gasteiger partial charge in [0.1, 0.15) is 0 Å². The minimum Gasteiger partial charge on any atom is -0.503 e. The number of ketones is 1. The number of hydrogen-bond donors (Lipinski definition) is 3. The number of fused-ring (bicyclic) bond motifs is 1. The van der Waals surface area contributed by atoms with Crippen molar-refractivity contribution in [1.29, 1.82) is 0 Å². The average molecular weight is 524 g/mol. The highest BCUT2D eigenvalue weighted by atomic mass is 35.5. The summed E-state index contributed by atoms with van der Waals surface area (Å²) in [5.41, 5.74) is 3.74. The van der Waals surface area contributed by atoms with Gasteiger partial charge in [0.05, 0.1) is 28.9 Å². The van der Waals surface area contributed by atoms with Gasteiger partial charge in [-0.25, -0.2) is 4.79 Å². The van der Waals surface area contributed by atoms with E-state index in [1.165, 1.54) is 12.0 Å². The van der Waals surface area contributed by atoms with E-state index in [0.29, 0.717) is 5.56 Å². The molecule has 0 atom stereocenters. The van der Waals surface area contributed by atoms with Gasteiger partial charge < -0.3 is 25.2 Å².